The van der Waals surface area contributed by atoms with Crippen LogP contribution in [-0.2, 0) is 7.05 Å². The first-order valence-electron chi connectivity index (χ1n) is 9.17. The van der Waals surface area contributed by atoms with E-state index in [-0.39, 0.29) is 22.2 Å². The number of pyridine rings is 2. The number of imidazole rings is 1. The number of nitrogens with one attached hydrogen (secondary N) is 1. The maximum Gasteiger partial charge on any atom is 0.259 e. The second-order valence-corrected chi connectivity index (χ2v) is 7.01. The molecule has 3 aromatic heterocycles. The summed E-state index contributed by atoms with van der Waals surface area (Å²) in [6.45, 7) is 1.89. The molecule has 0 atom stereocenters. The van der Waals surface area contributed by atoms with Crippen molar-refractivity contribution in [2.24, 2.45) is 7.05 Å². The lowest BCUT2D eigenvalue weighted by Gasteiger charge is -2.17. The van der Waals surface area contributed by atoms with Crippen LogP contribution in [0, 0.1) is 12.7 Å². The largest absolute Gasteiger partial charge is 0.330 e. The van der Waals surface area contributed by atoms with Gasteiger partial charge in [0.2, 0.25) is 0 Å². The van der Waals surface area contributed by atoms with Gasteiger partial charge in [-0.3, -0.25) is 4.79 Å². The van der Waals surface area contributed by atoms with E-state index in [1.807, 2.05) is 30.7 Å². The van der Waals surface area contributed by atoms with Gasteiger partial charge in [-0.05, 0) is 19.1 Å². The number of halogens is 1. The number of aromatic nitrogens is 4. The molecule has 0 saturated carbocycles. The highest BCUT2D eigenvalue weighted by molar-refractivity contribution is 6.63. The van der Waals surface area contributed by atoms with Gasteiger partial charge in [0.1, 0.15) is 48.8 Å². The number of aryl methyl sites for hydroxylation is 1. The predicted molar refractivity (Wildman–Crippen MR) is 122 cm³/mol. The molecule has 6 nitrogen and oxygen atoms in total. The molecule has 8 radical (unpaired) electrons. The van der Waals surface area contributed by atoms with Gasteiger partial charge in [-0.1, -0.05) is 10.9 Å². The van der Waals surface area contributed by atoms with E-state index in [0.29, 0.717) is 11.2 Å². The molecule has 4 aromatic rings. The van der Waals surface area contributed by atoms with Crippen molar-refractivity contribution in [3.8, 4) is 11.4 Å². The van der Waals surface area contributed by atoms with Crippen molar-refractivity contribution < 1.29 is 9.18 Å². The second-order valence-electron chi connectivity index (χ2n) is 7.01. The van der Waals surface area contributed by atoms with Crippen LogP contribution in [0.3, 0.4) is 0 Å². The SMILES string of the molecule is [B]c1c([B])c([B])c(C(=O)Nc2cc3nc(-c4cnc(C)n4C)ccc3cn2)c(F)c1[B]. The van der Waals surface area contributed by atoms with Crippen molar-refractivity contribution in [2.75, 3.05) is 5.32 Å². The van der Waals surface area contributed by atoms with Gasteiger partial charge < -0.3 is 9.88 Å². The number of rotatable bonds is 3. The molecular weight excluding hydrogens is 389 g/mol. The number of carbonyl (C=O) groups excluding carboxylic acids is 1. The highest BCUT2D eigenvalue weighted by atomic mass is 19.1. The summed E-state index contributed by atoms with van der Waals surface area (Å²) < 4.78 is 16.5. The Morgan fingerprint density at radius 1 is 1.03 bits per heavy atom. The number of amides is 1. The number of hydrogen-bond acceptors (Lipinski definition) is 4. The van der Waals surface area contributed by atoms with Crippen LogP contribution in [-0.4, -0.2) is 56.8 Å². The third kappa shape index (κ3) is 3.54. The Hall–Kier alpha value is -3.35. The topological polar surface area (TPSA) is 72.7 Å². The highest BCUT2D eigenvalue weighted by Gasteiger charge is 2.20. The van der Waals surface area contributed by atoms with Crippen LogP contribution in [0.4, 0.5) is 10.2 Å². The first-order valence-corrected chi connectivity index (χ1v) is 9.17. The number of hydrogen-bond donors (Lipinski definition) is 1. The van der Waals surface area contributed by atoms with Crippen LogP contribution in [0.2, 0.25) is 0 Å². The maximum atomic E-state index is 14.5. The zero-order valence-electron chi connectivity index (χ0n) is 16.8. The number of nitrogens with zero attached hydrogens (tertiary/aromatic N) is 4. The number of carbonyl (C=O) groups is 1. The average Bonchev–Trinajstić information content (AvgIpc) is 3.09. The summed E-state index contributed by atoms with van der Waals surface area (Å²) >= 11 is 0. The van der Waals surface area contributed by atoms with Crippen molar-refractivity contribution in [3.05, 3.63) is 47.8 Å². The monoisotopic (exact) mass is 401 g/mol. The molecule has 0 fully saturated rings. The summed E-state index contributed by atoms with van der Waals surface area (Å²) in [7, 11) is 24.6. The average molecular weight is 401 g/mol. The molecule has 0 bridgehead atoms. The van der Waals surface area contributed by atoms with Crippen LogP contribution < -0.4 is 27.2 Å². The Morgan fingerprint density at radius 3 is 2.42 bits per heavy atom. The van der Waals surface area contributed by atoms with Gasteiger partial charge in [-0.25, -0.2) is 19.3 Å². The number of anilines is 1. The number of fused-ring (bicyclic) bond motifs is 1. The zero-order valence-corrected chi connectivity index (χ0v) is 16.8. The molecule has 0 aliphatic rings. The standard InChI is InChI=1S/C20H12B4FN5O/c1-8-26-7-12(30(8)2)10-4-3-9-6-27-13(5-11(9)28-10)29-20(31)14-15(21)16(22)17(23)18(24)19(14)25/h3-7H,1-2H3,(H,27,29,31). The fraction of sp³-hybridized carbons (Fsp3) is 0.100. The second kappa shape index (κ2) is 7.72. The molecule has 3 heterocycles. The van der Waals surface area contributed by atoms with E-state index in [1.54, 1.807) is 18.5 Å². The smallest absolute Gasteiger partial charge is 0.259 e. The Balaban J connectivity index is 1.71. The molecule has 0 aliphatic heterocycles. The Bertz CT molecular complexity index is 1340. The molecular formula is C20H12B4FN5O. The van der Waals surface area contributed by atoms with Crippen molar-refractivity contribution in [1.82, 2.24) is 19.5 Å². The van der Waals surface area contributed by atoms with Gasteiger partial charge in [-0.15, -0.1) is 10.9 Å². The van der Waals surface area contributed by atoms with Gasteiger partial charge in [0, 0.05) is 24.7 Å². The fourth-order valence-corrected chi connectivity index (χ4v) is 3.16. The minimum absolute atomic E-state index is 0.149. The van der Waals surface area contributed by atoms with E-state index in [2.05, 4.69) is 20.3 Å². The number of benzene rings is 1. The zero-order chi connectivity index (χ0) is 22.4. The molecule has 4 rings (SSSR count). The Labute approximate surface area is 183 Å². The van der Waals surface area contributed by atoms with Gasteiger partial charge in [0.05, 0.1) is 28.7 Å². The van der Waals surface area contributed by atoms with E-state index in [9.17, 15) is 9.18 Å². The van der Waals surface area contributed by atoms with E-state index < -0.39 is 22.8 Å². The van der Waals surface area contributed by atoms with E-state index in [0.717, 1.165) is 16.9 Å². The summed E-state index contributed by atoms with van der Waals surface area (Å²) in [5.74, 6) is -0.912. The van der Waals surface area contributed by atoms with Crippen LogP contribution in [0.25, 0.3) is 22.3 Å². The lowest BCUT2D eigenvalue weighted by atomic mass is 9.65. The molecule has 1 N–H and O–H groups in total. The Kier molecular flexibility index (Phi) is 5.21. The van der Waals surface area contributed by atoms with Crippen LogP contribution in [0.5, 0.6) is 0 Å². The Morgan fingerprint density at radius 2 is 1.74 bits per heavy atom. The van der Waals surface area contributed by atoms with Gasteiger partial charge in [-0.2, -0.15) is 0 Å². The molecule has 31 heavy (non-hydrogen) atoms. The molecule has 0 aliphatic carbocycles. The lowest BCUT2D eigenvalue weighted by Crippen LogP contribution is -2.52. The van der Waals surface area contributed by atoms with E-state index >= 15 is 0 Å². The van der Waals surface area contributed by atoms with E-state index in [1.165, 1.54) is 0 Å². The minimum atomic E-state index is -1.05. The maximum absolute atomic E-state index is 14.5. The quantitative estimate of drug-likeness (QED) is 0.444. The van der Waals surface area contributed by atoms with Gasteiger partial charge in [0.15, 0.2) is 0 Å². The first-order chi connectivity index (χ1) is 14.7. The molecule has 1 amide bonds. The summed E-state index contributed by atoms with van der Waals surface area (Å²) in [6.07, 6.45) is 3.27. The predicted octanol–water partition coefficient (Wildman–Crippen LogP) is -1.09. The third-order valence-electron chi connectivity index (χ3n) is 5.12. The fourth-order valence-electron chi connectivity index (χ4n) is 3.16. The molecule has 0 saturated heterocycles. The van der Waals surface area contributed by atoms with E-state index in [4.69, 9.17) is 31.4 Å². The molecule has 1 aromatic carbocycles. The molecule has 142 valence electrons. The van der Waals surface area contributed by atoms with Crippen LogP contribution in [0.1, 0.15) is 16.2 Å². The molecule has 11 heteroatoms. The summed E-state index contributed by atoms with van der Waals surface area (Å²) in [5, 5.41) is 3.26. The summed E-state index contributed by atoms with van der Waals surface area (Å²) in [4.78, 5) is 25.8. The van der Waals surface area contributed by atoms with Gasteiger partial charge in [0.25, 0.3) is 5.91 Å². The third-order valence-corrected chi connectivity index (χ3v) is 5.12. The highest BCUT2D eigenvalue weighted by Crippen LogP contribution is 2.22. The minimum Gasteiger partial charge on any atom is -0.330 e. The van der Waals surface area contributed by atoms with Crippen molar-refractivity contribution in [3.63, 3.8) is 0 Å². The van der Waals surface area contributed by atoms with Crippen LogP contribution >= 0.6 is 0 Å². The van der Waals surface area contributed by atoms with Crippen molar-refractivity contribution >= 4 is 75.9 Å². The molecule has 0 unspecified atom stereocenters. The van der Waals surface area contributed by atoms with Crippen molar-refractivity contribution in [2.45, 2.75) is 6.92 Å². The lowest BCUT2D eigenvalue weighted by molar-refractivity contribution is 0.102. The first kappa shape index (κ1) is 20.9. The summed E-state index contributed by atoms with van der Waals surface area (Å²) in [6, 6.07) is 5.28. The molecule has 0 spiro atoms. The normalized spacial score (nSPS) is 11.1. The van der Waals surface area contributed by atoms with Crippen LogP contribution in [0.15, 0.2) is 30.6 Å². The van der Waals surface area contributed by atoms with Gasteiger partial charge >= 0.3 is 0 Å². The van der Waals surface area contributed by atoms with Crippen molar-refractivity contribution in [1.29, 1.82) is 0 Å². The summed E-state index contributed by atoms with van der Waals surface area (Å²) in [5.41, 5.74) is 0.504.